The number of carbonyl (C=O) groups is 2. The molecule has 1 aliphatic carbocycles. The molecular formula is C17H22N2O3. The summed E-state index contributed by atoms with van der Waals surface area (Å²) >= 11 is 0. The Kier molecular flexibility index (Phi) is 3.91. The summed E-state index contributed by atoms with van der Waals surface area (Å²) in [5.74, 6) is -0.0702. The van der Waals surface area contributed by atoms with Crippen molar-refractivity contribution in [3.8, 4) is 0 Å². The Labute approximate surface area is 130 Å². The minimum Gasteiger partial charge on any atom is -0.384 e. The van der Waals surface area contributed by atoms with Crippen LogP contribution < -0.4 is 0 Å². The molecule has 1 aliphatic heterocycles. The summed E-state index contributed by atoms with van der Waals surface area (Å²) in [6.07, 6.45) is 0.840. The van der Waals surface area contributed by atoms with Gasteiger partial charge in [0.05, 0.1) is 5.41 Å². The van der Waals surface area contributed by atoms with Crippen LogP contribution in [-0.4, -0.2) is 59.0 Å². The molecule has 1 atom stereocenters. The Bertz CT molecular complexity index is 559. The van der Waals surface area contributed by atoms with Gasteiger partial charge in [0.1, 0.15) is 6.10 Å². The molecule has 1 aromatic carbocycles. The van der Waals surface area contributed by atoms with Crippen molar-refractivity contribution in [1.82, 2.24) is 9.80 Å². The first-order chi connectivity index (χ1) is 10.5. The van der Waals surface area contributed by atoms with Gasteiger partial charge in [0.25, 0.3) is 5.91 Å². The summed E-state index contributed by atoms with van der Waals surface area (Å²) in [5.41, 5.74) is 0.764. The van der Waals surface area contributed by atoms with Crippen molar-refractivity contribution in [1.29, 1.82) is 0 Å². The summed E-state index contributed by atoms with van der Waals surface area (Å²) < 4.78 is 0. The average Bonchev–Trinajstić information content (AvgIpc) is 3.36. The summed E-state index contributed by atoms with van der Waals surface area (Å²) in [7, 11) is 0. The standard InChI is InChI=1S/C17H22N2O3/c1-13(20)15(21)18-9-11-19(12-10-18)16(22)17(7-8-17)14-5-3-2-4-6-14/h2-6,13,20H,7-12H2,1H3. The van der Waals surface area contributed by atoms with E-state index < -0.39 is 6.10 Å². The minimum atomic E-state index is -0.971. The van der Waals surface area contributed by atoms with Gasteiger partial charge in [0.2, 0.25) is 5.91 Å². The second kappa shape index (κ2) is 5.72. The highest BCUT2D eigenvalue weighted by molar-refractivity contribution is 5.91. The topological polar surface area (TPSA) is 60.9 Å². The number of amides is 2. The summed E-state index contributed by atoms with van der Waals surface area (Å²) in [5, 5.41) is 9.36. The maximum atomic E-state index is 12.9. The monoisotopic (exact) mass is 302 g/mol. The van der Waals surface area contributed by atoms with E-state index in [2.05, 4.69) is 0 Å². The van der Waals surface area contributed by atoms with E-state index in [9.17, 15) is 14.7 Å². The van der Waals surface area contributed by atoms with Crippen molar-refractivity contribution in [2.45, 2.75) is 31.3 Å². The molecule has 3 rings (SSSR count). The molecule has 118 valence electrons. The van der Waals surface area contributed by atoms with Crippen molar-refractivity contribution in [3.05, 3.63) is 35.9 Å². The molecule has 1 heterocycles. The van der Waals surface area contributed by atoms with Gasteiger partial charge in [-0.1, -0.05) is 30.3 Å². The first-order valence-electron chi connectivity index (χ1n) is 7.86. The van der Waals surface area contributed by atoms with Crippen molar-refractivity contribution in [2.24, 2.45) is 0 Å². The normalized spacial score (nSPS) is 21.4. The molecule has 2 fully saturated rings. The Morgan fingerprint density at radius 1 is 1.05 bits per heavy atom. The Hall–Kier alpha value is -1.88. The van der Waals surface area contributed by atoms with Gasteiger partial charge in [-0.2, -0.15) is 0 Å². The Balaban J connectivity index is 1.65. The third kappa shape index (κ3) is 2.61. The van der Waals surface area contributed by atoms with E-state index in [1.807, 2.05) is 35.2 Å². The van der Waals surface area contributed by atoms with E-state index >= 15 is 0 Å². The zero-order chi connectivity index (χ0) is 15.7. The molecule has 1 N–H and O–H groups in total. The van der Waals surface area contributed by atoms with Crippen LogP contribution in [0, 0.1) is 0 Å². The van der Waals surface area contributed by atoms with Crippen molar-refractivity contribution in [3.63, 3.8) is 0 Å². The highest BCUT2D eigenvalue weighted by Crippen LogP contribution is 2.49. The SMILES string of the molecule is CC(O)C(=O)N1CCN(C(=O)C2(c3ccccc3)CC2)CC1. The zero-order valence-corrected chi connectivity index (χ0v) is 12.9. The fraction of sp³-hybridized carbons (Fsp3) is 0.529. The lowest BCUT2D eigenvalue weighted by molar-refractivity contribution is -0.145. The number of rotatable bonds is 3. The van der Waals surface area contributed by atoms with Gasteiger partial charge in [0, 0.05) is 26.2 Å². The van der Waals surface area contributed by atoms with Gasteiger partial charge in [-0.25, -0.2) is 0 Å². The fourth-order valence-corrected chi connectivity index (χ4v) is 3.21. The van der Waals surface area contributed by atoms with Gasteiger partial charge in [0.15, 0.2) is 0 Å². The molecule has 5 heteroatoms. The van der Waals surface area contributed by atoms with Crippen molar-refractivity contribution < 1.29 is 14.7 Å². The number of piperazine rings is 1. The maximum absolute atomic E-state index is 12.9. The predicted molar refractivity (Wildman–Crippen MR) is 82.2 cm³/mol. The van der Waals surface area contributed by atoms with Crippen LogP contribution >= 0.6 is 0 Å². The Morgan fingerprint density at radius 3 is 2.09 bits per heavy atom. The minimum absolute atomic E-state index is 0.183. The van der Waals surface area contributed by atoms with E-state index in [4.69, 9.17) is 0 Å². The van der Waals surface area contributed by atoms with Crippen molar-refractivity contribution >= 4 is 11.8 Å². The van der Waals surface area contributed by atoms with Gasteiger partial charge < -0.3 is 14.9 Å². The van der Waals surface area contributed by atoms with Crippen molar-refractivity contribution in [2.75, 3.05) is 26.2 Å². The molecule has 1 saturated carbocycles. The predicted octanol–water partition coefficient (Wildman–Crippen LogP) is 0.770. The summed E-state index contributed by atoms with van der Waals surface area (Å²) in [4.78, 5) is 28.1. The van der Waals surface area contributed by atoms with E-state index in [0.717, 1.165) is 18.4 Å². The van der Waals surface area contributed by atoms with E-state index in [-0.39, 0.29) is 17.2 Å². The van der Waals surface area contributed by atoms with Crippen LogP contribution in [0.3, 0.4) is 0 Å². The lowest BCUT2D eigenvalue weighted by atomic mass is 9.94. The van der Waals surface area contributed by atoms with E-state index in [0.29, 0.717) is 26.2 Å². The van der Waals surface area contributed by atoms with Crippen LogP contribution in [0.2, 0.25) is 0 Å². The zero-order valence-electron chi connectivity index (χ0n) is 12.9. The molecular weight excluding hydrogens is 280 g/mol. The average molecular weight is 302 g/mol. The molecule has 0 spiro atoms. The van der Waals surface area contributed by atoms with Gasteiger partial charge in [-0.15, -0.1) is 0 Å². The number of nitrogens with zero attached hydrogens (tertiary/aromatic N) is 2. The Morgan fingerprint density at radius 2 is 1.59 bits per heavy atom. The van der Waals surface area contributed by atoms with Crippen LogP contribution in [0.15, 0.2) is 30.3 Å². The largest absolute Gasteiger partial charge is 0.384 e. The third-order valence-electron chi connectivity index (χ3n) is 4.72. The number of benzene rings is 1. The number of aliphatic hydroxyl groups excluding tert-OH is 1. The lowest BCUT2D eigenvalue weighted by Crippen LogP contribution is -2.54. The molecule has 5 nitrogen and oxygen atoms in total. The van der Waals surface area contributed by atoms with E-state index in [1.54, 1.807) is 4.90 Å². The molecule has 2 amide bonds. The van der Waals surface area contributed by atoms with Crippen LogP contribution in [0.1, 0.15) is 25.3 Å². The van der Waals surface area contributed by atoms with Gasteiger partial charge >= 0.3 is 0 Å². The first-order valence-corrected chi connectivity index (χ1v) is 7.86. The maximum Gasteiger partial charge on any atom is 0.251 e. The number of hydrogen-bond acceptors (Lipinski definition) is 3. The van der Waals surface area contributed by atoms with E-state index in [1.165, 1.54) is 6.92 Å². The molecule has 0 aromatic heterocycles. The smallest absolute Gasteiger partial charge is 0.251 e. The van der Waals surface area contributed by atoms with Crippen LogP contribution in [-0.2, 0) is 15.0 Å². The molecule has 1 saturated heterocycles. The fourth-order valence-electron chi connectivity index (χ4n) is 3.21. The second-order valence-corrected chi connectivity index (χ2v) is 6.24. The number of carbonyl (C=O) groups excluding carboxylic acids is 2. The molecule has 22 heavy (non-hydrogen) atoms. The molecule has 2 aliphatic rings. The third-order valence-corrected chi connectivity index (χ3v) is 4.72. The molecule has 0 radical (unpaired) electrons. The summed E-state index contributed by atoms with van der Waals surface area (Å²) in [6, 6.07) is 9.96. The molecule has 0 bridgehead atoms. The molecule has 1 aromatic rings. The van der Waals surface area contributed by atoms with Gasteiger partial charge in [-0.05, 0) is 25.3 Å². The number of hydrogen-bond donors (Lipinski definition) is 1. The van der Waals surface area contributed by atoms with Gasteiger partial charge in [-0.3, -0.25) is 9.59 Å². The second-order valence-electron chi connectivity index (χ2n) is 6.24. The highest BCUT2D eigenvalue weighted by Gasteiger charge is 2.53. The lowest BCUT2D eigenvalue weighted by Gasteiger charge is -2.37. The number of aliphatic hydroxyl groups is 1. The molecule has 1 unspecified atom stereocenters. The quantitative estimate of drug-likeness (QED) is 0.897. The van der Waals surface area contributed by atoms with Crippen LogP contribution in [0.5, 0.6) is 0 Å². The first kappa shape index (κ1) is 15.0. The van der Waals surface area contributed by atoms with Crippen LogP contribution in [0.25, 0.3) is 0 Å². The summed E-state index contributed by atoms with van der Waals surface area (Å²) in [6.45, 7) is 3.58. The highest BCUT2D eigenvalue weighted by atomic mass is 16.3. The van der Waals surface area contributed by atoms with Crippen LogP contribution in [0.4, 0.5) is 0 Å².